The molecule has 0 fully saturated rings. The van der Waals surface area contributed by atoms with Gasteiger partial charge in [-0.2, -0.15) is 5.10 Å². The van der Waals surface area contributed by atoms with Crippen molar-refractivity contribution in [2.75, 3.05) is 6.54 Å². The Morgan fingerprint density at radius 3 is 2.86 bits per heavy atom. The summed E-state index contributed by atoms with van der Waals surface area (Å²) in [6, 6.07) is 13.9. The van der Waals surface area contributed by atoms with Crippen molar-refractivity contribution < 1.29 is 5.11 Å². The number of rotatable bonds is 6. The van der Waals surface area contributed by atoms with Crippen LogP contribution in [0.15, 0.2) is 60.2 Å². The normalized spacial score (nSPS) is 12.4. The number of para-hydroxylation sites is 1. The molecule has 0 radical (unpaired) electrons. The Morgan fingerprint density at radius 1 is 1.19 bits per heavy atom. The van der Waals surface area contributed by atoms with Crippen LogP contribution in [0, 0.1) is 0 Å². The van der Waals surface area contributed by atoms with Crippen molar-refractivity contribution in [3.8, 4) is 5.69 Å². The second-order valence-corrected chi connectivity index (χ2v) is 5.72. The van der Waals surface area contributed by atoms with Gasteiger partial charge in [0.15, 0.2) is 0 Å². The maximum Gasteiger partial charge on any atom is 0.101 e. The minimum absolute atomic E-state index is 0.457. The maximum absolute atomic E-state index is 10.1. The van der Waals surface area contributed by atoms with Crippen molar-refractivity contribution >= 4 is 11.3 Å². The van der Waals surface area contributed by atoms with Crippen LogP contribution in [-0.2, 0) is 6.54 Å². The minimum Gasteiger partial charge on any atom is -0.386 e. The molecule has 1 atom stereocenters. The molecule has 0 amide bonds. The van der Waals surface area contributed by atoms with Gasteiger partial charge in [-0.3, -0.25) is 0 Å². The Hall–Kier alpha value is -1.95. The molecule has 2 aromatic heterocycles. The molecule has 0 saturated heterocycles. The van der Waals surface area contributed by atoms with Crippen LogP contribution < -0.4 is 5.32 Å². The first-order chi connectivity index (χ1) is 10.3. The Balaban J connectivity index is 1.63. The number of hydrogen-bond donors (Lipinski definition) is 2. The third-order valence-corrected chi connectivity index (χ3v) is 4.24. The summed E-state index contributed by atoms with van der Waals surface area (Å²) in [5, 5.41) is 19.6. The molecule has 0 bridgehead atoms. The second-order valence-electron chi connectivity index (χ2n) is 4.74. The molecule has 2 N–H and O–H groups in total. The number of nitrogens with one attached hydrogen (secondary N) is 1. The molecule has 4 nitrogen and oxygen atoms in total. The van der Waals surface area contributed by atoms with Gasteiger partial charge in [-0.05, 0) is 29.1 Å². The van der Waals surface area contributed by atoms with Gasteiger partial charge in [0.05, 0.1) is 5.69 Å². The Labute approximate surface area is 127 Å². The first kappa shape index (κ1) is 14.0. The zero-order chi connectivity index (χ0) is 14.5. The number of thiophene rings is 1. The summed E-state index contributed by atoms with van der Waals surface area (Å²) >= 11 is 1.57. The first-order valence-corrected chi connectivity index (χ1v) is 7.72. The highest BCUT2D eigenvalue weighted by Gasteiger charge is 2.09. The van der Waals surface area contributed by atoms with Gasteiger partial charge in [0.2, 0.25) is 0 Å². The minimum atomic E-state index is -0.457. The molecule has 2 heterocycles. The number of hydrogen-bond acceptors (Lipinski definition) is 4. The molecule has 108 valence electrons. The standard InChI is InChI=1S/C16H17N3OS/c20-15(16-7-3-10-21-16)12-17-11-13-5-1-2-6-14(13)19-9-4-8-18-19/h1-10,15,17,20H,11-12H2. The van der Waals surface area contributed by atoms with E-state index in [-0.39, 0.29) is 0 Å². The second kappa shape index (κ2) is 6.67. The van der Waals surface area contributed by atoms with Gasteiger partial charge >= 0.3 is 0 Å². The van der Waals surface area contributed by atoms with E-state index in [1.807, 2.05) is 52.7 Å². The lowest BCUT2D eigenvalue weighted by Crippen LogP contribution is -2.21. The van der Waals surface area contributed by atoms with Gasteiger partial charge in [-0.25, -0.2) is 4.68 Å². The van der Waals surface area contributed by atoms with Gasteiger partial charge in [0, 0.05) is 30.4 Å². The third kappa shape index (κ3) is 3.39. The lowest BCUT2D eigenvalue weighted by atomic mass is 10.1. The Morgan fingerprint density at radius 2 is 2.10 bits per heavy atom. The molecule has 3 rings (SSSR count). The van der Waals surface area contributed by atoms with E-state index < -0.39 is 6.10 Å². The fourth-order valence-electron chi connectivity index (χ4n) is 2.22. The molecular weight excluding hydrogens is 282 g/mol. The molecule has 0 aliphatic rings. The van der Waals surface area contributed by atoms with Crippen LogP contribution in [0.25, 0.3) is 5.69 Å². The quantitative estimate of drug-likeness (QED) is 0.736. The summed E-state index contributed by atoms with van der Waals surface area (Å²) in [6.07, 6.45) is 3.24. The number of aromatic nitrogens is 2. The molecular formula is C16H17N3OS. The average Bonchev–Trinajstić information content (AvgIpc) is 3.21. The smallest absolute Gasteiger partial charge is 0.101 e. The zero-order valence-corrected chi connectivity index (χ0v) is 12.3. The molecule has 0 aliphatic heterocycles. The predicted octanol–water partition coefficient (Wildman–Crippen LogP) is 2.76. The summed E-state index contributed by atoms with van der Waals surface area (Å²) in [5.74, 6) is 0. The third-order valence-electron chi connectivity index (χ3n) is 3.27. The van der Waals surface area contributed by atoms with E-state index in [0.717, 1.165) is 16.1 Å². The van der Waals surface area contributed by atoms with E-state index in [2.05, 4.69) is 16.5 Å². The zero-order valence-electron chi connectivity index (χ0n) is 11.5. The highest BCUT2D eigenvalue weighted by Crippen LogP contribution is 2.18. The largest absolute Gasteiger partial charge is 0.386 e. The highest BCUT2D eigenvalue weighted by atomic mass is 32.1. The highest BCUT2D eigenvalue weighted by molar-refractivity contribution is 7.10. The molecule has 5 heteroatoms. The van der Waals surface area contributed by atoms with E-state index in [1.165, 1.54) is 0 Å². The van der Waals surface area contributed by atoms with Crippen LogP contribution in [0.3, 0.4) is 0 Å². The molecule has 1 unspecified atom stereocenters. The van der Waals surface area contributed by atoms with Crippen LogP contribution in [-0.4, -0.2) is 21.4 Å². The molecule has 3 aromatic rings. The maximum atomic E-state index is 10.1. The summed E-state index contributed by atoms with van der Waals surface area (Å²) in [4.78, 5) is 0.989. The van der Waals surface area contributed by atoms with E-state index in [4.69, 9.17) is 0 Å². The van der Waals surface area contributed by atoms with Gasteiger partial charge < -0.3 is 10.4 Å². The molecule has 21 heavy (non-hydrogen) atoms. The molecule has 1 aromatic carbocycles. The van der Waals surface area contributed by atoms with Crippen LogP contribution in [0.2, 0.25) is 0 Å². The van der Waals surface area contributed by atoms with Gasteiger partial charge in [-0.1, -0.05) is 24.3 Å². The molecule has 0 aliphatic carbocycles. The SMILES string of the molecule is OC(CNCc1ccccc1-n1cccn1)c1cccs1. The summed E-state index contributed by atoms with van der Waals surface area (Å²) < 4.78 is 1.85. The van der Waals surface area contributed by atoms with E-state index >= 15 is 0 Å². The lowest BCUT2D eigenvalue weighted by Gasteiger charge is -2.13. The topological polar surface area (TPSA) is 50.1 Å². The number of aliphatic hydroxyl groups excluding tert-OH is 1. The van der Waals surface area contributed by atoms with Crippen LogP contribution in [0.4, 0.5) is 0 Å². The van der Waals surface area contributed by atoms with Gasteiger partial charge in [0.1, 0.15) is 6.10 Å². The average molecular weight is 299 g/mol. The van der Waals surface area contributed by atoms with E-state index in [0.29, 0.717) is 13.1 Å². The lowest BCUT2D eigenvalue weighted by molar-refractivity contribution is 0.178. The van der Waals surface area contributed by atoms with Gasteiger partial charge in [-0.15, -0.1) is 11.3 Å². The van der Waals surface area contributed by atoms with Crippen molar-refractivity contribution in [2.24, 2.45) is 0 Å². The summed E-state index contributed by atoms with van der Waals surface area (Å²) in [6.45, 7) is 1.23. The molecule has 0 spiro atoms. The Bertz CT molecular complexity index is 665. The summed E-state index contributed by atoms with van der Waals surface area (Å²) in [7, 11) is 0. The molecule has 0 saturated carbocycles. The number of aliphatic hydroxyl groups is 1. The van der Waals surface area contributed by atoms with E-state index in [1.54, 1.807) is 17.5 Å². The van der Waals surface area contributed by atoms with Crippen LogP contribution >= 0.6 is 11.3 Å². The number of benzene rings is 1. The number of nitrogens with zero attached hydrogens (tertiary/aromatic N) is 2. The van der Waals surface area contributed by atoms with Gasteiger partial charge in [0.25, 0.3) is 0 Å². The first-order valence-electron chi connectivity index (χ1n) is 6.84. The fourth-order valence-corrected chi connectivity index (χ4v) is 2.93. The Kier molecular flexibility index (Phi) is 4.45. The van der Waals surface area contributed by atoms with Crippen molar-refractivity contribution in [1.29, 1.82) is 0 Å². The van der Waals surface area contributed by atoms with Crippen LogP contribution in [0.1, 0.15) is 16.5 Å². The van der Waals surface area contributed by atoms with Crippen LogP contribution in [0.5, 0.6) is 0 Å². The van der Waals surface area contributed by atoms with E-state index in [9.17, 15) is 5.11 Å². The predicted molar refractivity (Wildman–Crippen MR) is 84.5 cm³/mol. The fraction of sp³-hybridized carbons (Fsp3) is 0.188. The van der Waals surface area contributed by atoms with Crippen molar-refractivity contribution in [3.63, 3.8) is 0 Å². The monoisotopic (exact) mass is 299 g/mol. The van der Waals surface area contributed by atoms with Crippen molar-refractivity contribution in [2.45, 2.75) is 12.6 Å². The van der Waals surface area contributed by atoms with Crippen molar-refractivity contribution in [1.82, 2.24) is 15.1 Å². The summed E-state index contributed by atoms with van der Waals surface area (Å²) in [5.41, 5.74) is 2.21. The van der Waals surface area contributed by atoms with Crippen molar-refractivity contribution in [3.05, 3.63) is 70.7 Å².